The lowest BCUT2D eigenvalue weighted by Crippen LogP contribution is -2.38. The van der Waals surface area contributed by atoms with E-state index in [-0.39, 0.29) is 0 Å². The van der Waals surface area contributed by atoms with Crippen molar-refractivity contribution < 1.29 is 0 Å². The molecule has 16 heavy (non-hydrogen) atoms. The van der Waals surface area contributed by atoms with Gasteiger partial charge in [-0.3, -0.25) is 0 Å². The molecule has 0 amide bonds. The van der Waals surface area contributed by atoms with Gasteiger partial charge in [0.25, 0.3) is 0 Å². The second-order valence-electron chi connectivity index (χ2n) is 4.29. The van der Waals surface area contributed by atoms with Crippen LogP contribution >= 0.6 is 0 Å². The van der Waals surface area contributed by atoms with Crippen molar-refractivity contribution in [3.8, 4) is 0 Å². The molecule has 0 saturated carbocycles. The van der Waals surface area contributed by atoms with Gasteiger partial charge in [-0.25, -0.2) is 4.98 Å². The van der Waals surface area contributed by atoms with E-state index in [2.05, 4.69) is 26.7 Å². The van der Waals surface area contributed by atoms with E-state index < -0.39 is 0 Å². The Balaban J connectivity index is 1.83. The lowest BCUT2D eigenvalue weighted by Gasteiger charge is -2.24. The summed E-state index contributed by atoms with van der Waals surface area (Å²) in [4.78, 5) is 7.47. The second kappa shape index (κ2) is 4.14. The molecule has 1 unspecified atom stereocenters. The molecule has 0 spiro atoms. The van der Waals surface area contributed by atoms with E-state index in [0.29, 0.717) is 6.04 Å². The van der Waals surface area contributed by atoms with Gasteiger partial charge >= 0.3 is 0 Å². The lowest BCUT2D eigenvalue weighted by molar-refractivity contribution is 0.480. The van der Waals surface area contributed by atoms with Crippen LogP contribution in [0.25, 0.3) is 11.0 Å². The van der Waals surface area contributed by atoms with E-state index in [1.165, 1.54) is 18.2 Å². The van der Waals surface area contributed by atoms with Gasteiger partial charge in [0.05, 0.1) is 5.69 Å². The van der Waals surface area contributed by atoms with Gasteiger partial charge in [0.1, 0.15) is 5.65 Å². The first-order valence-electron chi connectivity index (χ1n) is 5.83. The molecule has 0 bridgehead atoms. The second-order valence-corrected chi connectivity index (χ2v) is 4.29. The third-order valence-corrected chi connectivity index (χ3v) is 3.11. The van der Waals surface area contributed by atoms with Gasteiger partial charge in [0.15, 0.2) is 0 Å². The minimum atomic E-state index is 0.535. The fourth-order valence-electron chi connectivity index (χ4n) is 2.27. The third-order valence-electron chi connectivity index (χ3n) is 3.11. The molecule has 3 heterocycles. The number of piperidine rings is 1. The molecule has 2 aromatic rings. The van der Waals surface area contributed by atoms with Crippen LogP contribution in [0.4, 0.5) is 5.69 Å². The molecule has 1 fully saturated rings. The first kappa shape index (κ1) is 9.66. The SMILES string of the molecule is c1cnc2[nH]cc(NC3CCCNC3)c2c1. The normalized spacial score (nSPS) is 21.1. The lowest BCUT2D eigenvalue weighted by atomic mass is 10.1. The van der Waals surface area contributed by atoms with Gasteiger partial charge in [-0.1, -0.05) is 0 Å². The van der Waals surface area contributed by atoms with E-state index in [1.807, 2.05) is 18.5 Å². The maximum atomic E-state index is 4.28. The molecular weight excluding hydrogens is 200 g/mol. The Morgan fingerprint density at radius 3 is 3.31 bits per heavy atom. The van der Waals surface area contributed by atoms with Gasteiger partial charge in [-0.2, -0.15) is 0 Å². The predicted octanol–water partition coefficient (Wildman–Crippen LogP) is 1.73. The van der Waals surface area contributed by atoms with Crippen LogP contribution in [0, 0.1) is 0 Å². The molecule has 0 aliphatic carbocycles. The highest BCUT2D eigenvalue weighted by atomic mass is 15.0. The first-order chi connectivity index (χ1) is 7.93. The number of aromatic amines is 1. The summed E-state index contributed by atoms with van der Waals surface area (Å²) in [5.74, 6) is 0. The third kappa shape index (κ3) is 1.76. The van der Waals surface area contributed by atoms with Crippen molar-refractivity contribution in [3.63, 3.8) is 0 Å². The Kier molecular flexibility index (Phi) is 2.50. The van der Waals surface area contributed by atoms with Crippen molar-refractivity contribution >= 4 is 16.7 Å². The molecule has 1 aliphatic heterocycles. The Bertz CT molecular complexity index is 471. The molecule has 1 aliphatic rings. The molecule has 2 aromatic heterocycles. The highest BCUT2D eigenvalue weighted by molar-refractivity contribution is 5.89. The van der Waals surface area contributed by atoms with E-state index in [4.69, 9.17) is 0 Å². The number of hydrogen-bond donors (Lipinski definition) is 3. The fourth-order valence-corrected chi connectivity index (χ4v) is 2.27. The van der Waals surface area contributed by atoms with Gasteiger partial charge < -0.3 is 15.6 Å². The van der Waals surface area contributed by atoms with Crippen molar-refractivity contribution in [3.05, 3.63) is 24.5 Å². The molecule has 4 heteroatoms. The Hall–Kier alpha value is -1.55. The maximum absolute atomic E-state index is 4.28. The fraction of sp³-hybridized carbons (Fsp3) is 0.417. The molecule has 84 valence electrons. The number of rotatable bonds is 2. The van der Waals surface area contributed by atoms with Crippen LogP contribution < -0.4 is 10.6 Å². The van der Waals surface area contributed by atoms with Crippen molar-refractivity contribution in [2.75, 3.05) is 18.4 Å². The number of anilines is 1. The van der Waals surface area contributed by atoms with Crippen LogP contribution in [0.5, 0.6) is 0 Å². The number of hydrogen-bond acceptors (Lipinski definition) is 3. The van der Waals surface area contributed by atoms with Crippen molar-refractivity contribution in [1.82, 2.24) is 15.3 Å². The average Bonchev–Trinajstić information content (AvgIpc) is 2.74. The van der Waals surface area contributed by atoms with Crippen molar-refractivity contribution in [2.24, 2.45) is 0 Å². The largest absolute Gasteiger partial charge is 0.379 e. The summed E-state index contributed by atoms with van der Waals surface area (Å²) in [6.07, 6.45) is 6.30. The summed E-state index contributed by atoms with van der Waals surface area (Å²) >= 11 is 0. The Morgan fingerprint density at radius 2 is 2.44 bits per heavy atom. The smallest absolute Gasteiger partial charge is 0.139 e. The zero-order chi connectivity index (χ0) is 10.8. The summed E-state index contributed by atoms with van der Waals surface area (Å²) < 4.78 is 0. The number of H-pyrrole nitrogens is 1. The van der Waals surface area contributed by atoms with Gasteiger partial charge in [-0.05, 0) is 31.5 Å². The van der Waals surface area contributed by atoms with E-state index in [1.54, 1.807) is 0 Å². The molecule has 4 nitrogen and oxygen atoms in total. The Labute approximate surface area is 94.5 Å². The number of aromatic nitrogens is 2. The Morgan fingerprint density at radius 1 is 1.44 bits per heavy atom. The molecular formula is C12H16N4. The van der Waals surface area contributed by atoms with Crippen LogP contribution in [0.1, 0.15) is 12.8 Å². The van der Waals surface area contributed by atoms with Crippen LogP contribution in [-0.2, 0) is 0 Å². The number of fused-ring (bicyclic) bond motifs is 1. The average molecular weight is 216 g/mol. The highest BCUT2D eigenvalue weighted by Crippen LogP contribution is 2.22. The van der Waals surface area contributed by atoms with E-state index >= 15 is 0 Å². The number of nitrogens with one attached hydrogen (secondary N) is 3. The van der Waals surface area contributed by atoms with Gasteiger partial charge in [0.2, 0.25) is 0 Å². The maximum Gasteiger partial charge on any atom is 0.139 e. The quantitative estimate of drug-likeness (QED) is 0.716. The molecule has 3 rings (SSSR count). The highest BCUT2D eigenvalue weighted by Gasteiger charge is 2.14. The summed E-state index contributed by atoms with van der Waals surface area (Å²) in [5.41, 5.74) is 2.12. The predicted molar refractivity (Wildman–Crippen MR) is 65.6 cm³/mol. The monoisotopic (exact) mass is 216 g/mol. The standard InChI is InChI=1S/C12H16N4/c1-3-9(7-13-5-1)16-11-8-15-12-10(11)4-2-6-14-12/h2,4,6,8-9,13,16H,1,3,5,7H2,(H,14,15). The number of pyridine rings is 1. The summed E-state index contributed by atoms with van der Waals surface area (Å²) in [5, 5.41) is 8.15. The summed E-state index contributed by atoms with van der Waals surface area (Å²) in [6, 6.07) is 4.60. The first-order valence-corrected chi connectivity index (χ1v) is 5.83. The summed E-state index contributed by atoms with van der Waals surface area (Å²) in [7, 11) is 0. The molecule has 0 aromatic carbocycles. The van der Waals surface area contributed by atoms with Crippen molar-refractivity contribution in [2.45, 2.75) is 18.9 Å². The number of nitrogens with zero attached hydrogens (tertiary/aromatic N) is 1. The molecule has 1 atom stereocenters. The summed E-state index contributed by atoms with van der Waals surface area (Å²) in [6.45, 7) is 2.19. The zero-order valence-corrected chi connectivity index (χ0v) is 9.16. The van der Waals surface area contributed by atoms with Gasteiger partial charge in [0, 0.05) is 30.4 Å². The van der Waals surface area contributed by atoms with Gasteiger partial charge in [-0.15, -0.1) is 0 Å². The molecule has 0 radical (unpaired) electrons. The zero-order valence-electron chi connectivity index (χ0n) is 9.16. The van der Waals surface area contributed by atoms with Crippen LogP contribution in [0.15, 0.2) is 24.5 Å². The molecule has 1 saturated heterocycles. The minimum absolute atomic E-state index is 0.535. The minimum Gasteiger partial charge on any atom is -0.379 e. The molecule has 3 N–H and O–H groups in total. The van der Waals surface area contributed by atoms with Crippen molar-refractivity contribution in [1.29, 1.82) is 0 Å². The van der Waals surface area contributed by atoms with Crippen LogP contribution in [0.3, 0.4) is 0 Å². The van der Waals surface area contributed by atoms with Crippen LogP contribution in [-0.4, -0.2) is 29.1 Å². The topological polar surface area (TPSA) is 52.7 Å². The van der Waals surface area contributed by atoms with E-state index in [0.717, 1.165) is 24.4 Å². The van der Waals surface area contributed by atoms with E-state index in [9.17, 15) is 0 Å². The van der Waals surface area contributed by atoms with Crippen LogP contribution in [0.2, 0.25) is 0 Å².